The van der Waals surface area contributed by atoms with E-state index in [1.54, 1.807) is 6.07 Å². The SMILES string of the molecule is CCN(CC)CCC(=O)NCc1ccc(-c2cc3c(Nc4ccc(F)c(Cl)c4)ncnc3[nH]2)cc1. The Morgan fingerprint density at radius 2 is 1.86 bits per heavy atom. The monoisotopic (exact) mass is 494 g/mol. The molecular weight excluding hydrogens is 467 g/mol. The lowest BCUT2D eigenvalue weighted by Gasteiger charge is -2.17. The van der Waals surface area contributed by atoms with Crippen molar-refractivity contribution in [1.82, 2.24) is 25.2 Å². The zero-order valence-electron chi connectivity index (χ0n) is 19.7. The molecule has 0 atom stereocenters. The number of hydrogen-bond donors (Lipinski definition) is 3. The van der Waals surface area contributed by atoms with Crippen LogP contribution in [-0.2, 0) is 11.3 Å². The highest BCUT2D eigenvalue weighted by Gasteiger charge is 2.11. The van der Waals surface area contributed by atoms with E-state index in [9.17, 15) is 9.18 Å². The number of H-pyrrole nitrogens is 1. The summed E-state index contributed by atoms with van der Waals surface area (Å²) < 4.78 is 13.5. The van der Waals surface area contributed by atoms with Crippen LogP contribution in [-0.4, -0.2) is 45.4 Å². The molecule has 4 rings (SSSR count). The summed E-state index contributed by atoms with van der Waals surface area (Å²) >= 11 is 5.90. The maximum atomic E-state index is 13.5. The first kappa shape index (κ1) is 24.6. The van der Waals surface area contributed by atoms with Crippen LogP contribution in [0.3, 0.4) is 0 Å². The lowest BCUT2D eigenvalue weighted by molar-refractivity contribution is -0.121. The number of aromatic amines is 1. The highest BCUT2D eigenvalue weighted by Crippen LogP contribution is 2.29. The molecule has 182 valence electrons. The fraction of sp³-hybridized carbons (Fsp3) is 0.269. The number of fused-ring (bicyclic) bond motifs is 1. The lowest BCUT2D eigenvalue weighted by atomic mass is 10.1. The number of halogens is 2. The van der Waals surface area contributed by atoms with E-state index in [1.807, 2.05) is 30.3 Å². The van der Waals surface area contributed by atoms with Crippen molar-refractivity contribution in [2.24, 2.45) is 0 Å². The van der Waals surface area contributed by atoms with Gasteiger partial charge < -0.3 is 20.5 Å². The van der Waals surface area contributed by atoms with Crippen LogP contribution in [0.4, 0.5) is 15.9 Å². The molecule has 0 unspecified atom stereocenters. The van der Waals surface area contributed by atoms with Gasteiger partial charge in [-0.25, -0.2) is 14.4 Å². The molecule has 0 saturated heterocycles. The van der Waals surface area contributed by atoms with E-state index < -0.39 is 5.82 Å². The molecule has 35 heavy (non-hydrogen) atoms. The number of nitrogens with one attached hydrogen (secondary N) is 3. The van der Waals surface area contributed by atoms with Gasteiger partial charge in [0.15, 0.2) is 0 Å². The minimum Gasteiger partial charge on any atom is -0.352 e. The van der Waals surface area contributed by atoms with Crippen molar-refractivity contribution in [1.29, 1.82) is 0 Å². The molecule has 4 aromatic rings. The predicted octanol–water partition coefficient (Wildman–Crippen LogP) is 5.51. The van der Waals surface area contributed by atoms with E-state index in [1.165, 1.54) is 18.5 Å². The maximum absolute atomic E-state index is 13.5. The molecule has 0 saturated carbocycles. The van der Waals surface area contributed by atoms with Crippen LogP contribution in [0.5, 0.6) is 0 Å². The van der Waals surface area contributed by atoms with Crippen molar-refractivity contribution >= 4 is 40.0 Å². The molecule has 1 amide bonds. The lowest BCUT2D eigenvalue weighted by Crippen LogP contribution is -2.30. The maximum Gasteiger partial charge on any atom is 0.221 e. The second-order valence-electron chi connectivity index (χ2n) is 8.17. The number of aromatic nitrogens is 3. The van der Waals surface area contributed by atoms with E-state index >= 15 is 0 Å². The van der Waals surface area contributed by atoms with E-state index in [0.717, 1.165) is 41.8 Å². The van der Waals surface area contributed by atoms with Crippen molar-refractivity contribution in [3.05, 3.63) is 71.3 Å². The second-order valence-corrected chi connectivity index (χ2v) is 8.58. The quantitative estimate of drug-likeness (QED) is 0.270. The molecule has 2 aromatic heterocycles. The first-order chi connectivity index (χ1) is 17.0. The first-order valence-electron chi connectivity index (χ1n) is 11.6. The van der Waals surface area contributed by atoms with Gasteiger partial charge in [-0.1, -0.05) is 49.7 Å². The van der Waals surface area contributed by atoms with Crippen molar-refractivity contribution < 1.29 is 9.18 Å². The molecule has 2 aromatic carbocycles. The van der Waals surface area contributed by atoms with Crippen molar-refractivity contribution in [2.75, 3.05) is 25.0 Å². The molecular formula is C26H28ClFN6O. The van der Waals surface area contributed by atoms with Gasteiger partial charge >= 0.3 is 0 Å². The third-order valence-electron chi connectivity index (χ3n) is 5.91. The van der Waals surface area contributed by atoms with E-state index in [0.29, 0.717) is 30.1 Å². The standard InChI is InChI=1S/C26H28ClFN6O/c1-3-34(4-2)12-11-24(35)29-15-17-5-7-18(8-6-17)23-14-20-25(30-16-31-26(20)33-23)32-19-9-10-22(28)21(27)13-19/h5-10,13-14,16H,3-4,11-12,15H2,1-2H3,(H,29,35)(H2,30,31,32,33). The first-order valence-corrected chi connectivity index (χ1v) is 12.0. The molecule has 0 fully saturated rings. The molecule has 0 aliphatic carbocycles. The number of carbonyl (C=O) groups is 1. The van der Waals surface area contributed by atoms with Crippen molar-refractivity contribution in [3.8, 4) is 11.3 Å². The third-order valence-corrected chi connectivity index (χ3v) is 6.20. The summed E-state index contributed by atoms with van der Waals surface area (Å²) in [6, 6.07) is 14.4. The molecule has 7 nitrogen and oxygen atoms in total. The van der Waals surface area contributed by atoms with Gasteiger partial charge in [-0.2, -0.15) is 0 Å². The number of hydrogen-bond acceptors (Lipinski definition) is 5. The Kier molecular flexibility index (Phi) is 7.94. The van der Waals surface area contributed by atoms with Crippen LogP contribution in [0.25, 0.3) is 22.3 Å². The summed E-state index contributed by atoms with van der Waals surface area (Å²) in [5.74, 6) is 0.165. The Bertz CT molecular complexity index is 1300. The average molecular weight is 495 g/mol. The predicted molar refractivity (Wildman–Crippen MR) is 138 cm³/mol. The van der Waals surface area contributed by atoms with Gasteiger partial charge in [-0.3, -0.25) is 4.79 Å². The van der Waals surface area contributed by atoms with Crippen LogP contribution in [0.1, 0.15) is 25.8 Å². The van der Waals surface area contributed by atoms with Crippen LogP contribution in [0, 0.1) is 5.82 Å². The number of anilines is 2. The van der Waals surface area contributed by atoms with Gasteiger partial charge in [-0.05, 0) is 48.5 Å². The Labute approximate surface area is 208 Å². The van der Waals surface area contributed by atoms with Gasteiger partial charge in [0.05, 0.1) is 10.4 Å². The minimum atomic E-state index is -0.475. The zero-order valence-corrected chi connectivity index (χ0v) is 20.5. The van der Waals surface area contributed by atoms with Gasteiger partial charge in [0.25, 0.3) is 0 Å². The van der Waals surface area contributed by atoms with Crippen molar-refractivity contribution in [2.45, 2.75) is 26.8 Å². The Hall–Kier alpha value is -3.49. The summed E-state index contributed by atoms with van der Waals surface area (Å²) in [5.41, 5.74) is 4.19. The Balaban J connectivity index is 1.43. The van der Waals surface area contributed by atoms with Crippen LogP contribution >= 0.6 is 11.6 Å². The topological polar surface area (TPSA) is 85.9 Å². The third kappa shape index (κ3) is 6.15. The van der Waals surface area contributed by atoms with E-state index in [-0.39, 0.29) is 10.9 Å². The minimum absolute atomic E-state index is 0.0372. The summed E-state index contributed by atoms with van der Waals surface area (Å²) in [4.78, 5) is 26.4. The number of carbonyl (C=O) groups excluding carboxylic acids is 1. The fourth-order valence-electron chi connectivity index (χ4n) is 3.80. The second kappa shape index (κ2) is 11.3. The van der Waals surface area contributed by atoms with Crippen LogP contribution in [0.15, 0.2) is 54.9 Å². The van der Waals surface area contributed by atoms with Gasteiger partial charge in [0, 0.05) is 30.9 Å². The number of nitrogens with zero attached hydrogens (tertiary/aromatic N) is 3. The summed E-state index contributed by atoms with van der Waals surface area (Å²) in [5, 5.41) is 7.00. The molecule has 0 radical (unpaired) electrons. The number of benzene rings is 2. The fourth-order valence-corrected chi connectivity index (χ4v) is 3.98. The molecule has 0 aliphatic heterocycles. The number of amides is 1. The number of rotatable bonds is 10. The van der Waals surface area contributed by atoms with Gasteiger partial charge in [0.2, 0.25) is 5.91 Å². The van der Waals surface area contributed by atoms with E-state index in [2.05, 4.69) is 44.3 Å². The summed E-state index contributed by atoms with van der Waals surface area (Å²) in [6.07, 6.45) is 1.96. The molecule has 0 aliphatic rings. The Morgan fingerprint density at radius 1 is 1.09 bits per heavy atom. The molecule has 2 heterocycles. The molecule has 3 N–H and O–H groups in total. The molecule has 0 spiro atoms. The summed E-state index contributed by atoms with van der Waals surface area (Å²) in [7, 11) is 0. The van der Waals surface area contributed by atoms with Gasteiger partial charge in [-0.15, -0.1) is 0 Å². The normalized spacial score (nSPS) is 11.2. The average Bonchev–Trinajstić information content (AvgIpc) is 3.31. The van der Waals surface area contributed by atoms with Crippen molar-refractivity contribution in [3.63, 3.8) is 0 Å². The highest BCUT2D eigenvalue weighted by atomic mass is 35.5. The molecule has 0 bridgehead atoms. The molecule has 9 heteroatoms. The van der Waals surface area contributed by atoms with Crippen LogP contribution in [0.2, 0.25) is 5.02 Å². The highest BCUT2D eigenvalue weighted by molar-refractivity contribution is 6.31. The largest absolute Gasteiger partial charge is 0.352 e. The summed E-state index contributed by atoms with van der Waals surface area (Å²) in [6.45, 7) is 7.35. The zero-order chi connectivity index (χ0) is 24.8. The van der Waals surface area contributed by atoms with Gasteiger partial charge in [0.1, 0.15) is 23.6 Å². The Morgan fingerprint density at radius 3 is 2.57 bits per heavy atom. The van der Waals surface area contributed by atoms with E-state index in [4.69, 9.17) is 11.6 Å². The van der Waals surface area contributed by atoms with Crippen LogP contribution < -0.4 is 10.6 Å². The smallest absolute Gasteiger partial charge is 0.221 e.